The molecule has 8 aliphatic rings. The van der Waals surface area contributed by atoms with Gasteiger partial charge in [0, 0.05) is 62.7 Å². The van der Waals surface area contributed by atoms with E-state index in [0.29, 0.717) is 54.3 Å². The lowest BCUT2D eigenvalue weighted by atomic mass is 9.71. The van der Waals surface area contributed by atoms with Crippen molar-refractivity contribution in [3.8, 4) is 0 Å². The zero-order valence-corrected chi connectivity index (χ0v) is 44.2. The predicted molar refractivity (Wildman–Crippen MR) is 266 cm³/mol. The molecule has 6 heterocycles. The molecular formula is C55H84O14S. The molecule has 1 spiro atoms. The summed E-state index contributed by atoms with van der Waals surface area (Å²) in [4.78, 5) is 14.4. The molecule has 8 rings (SSSR count). The molecule has 0 amide bonds. The number of methoxy groups -OCH3 is 2. The lowest BCUT2D eigenvalue weighted by Crippen LogP contribution is -2.62. The number of fused-ring (bicyclic) bond motifs is 2. The van der Waals surface area contributed by atoms with Crippen LogP contribution in [0.1, 0.15) is 126 Å². The SMILES string of the molecule is CCC(C)[C@H]1O[C@]2(C=C[C@@H]1C)C[C@@H]1C[C@@H](C/C=C(\C)[C@@H](O[C@H]3C[C@H](OC)[C@@H](O[C@H]4C[C@H](OC)[C@@](O)(CSC5CCCCC5)[C@H](C)O4)[C@H](C)O3)[C@@H](C)/C=C/C=C3\CO[C@@H]4[C@H](O)C(C)=C[C@@H](C(=O)O1)[C@]34O)O2. The highest BCUT2D eigenvalue weighted by Gasteiger charge is 2.60. The molecule has 14 nitrogen and oxygen atoms in total. The molecular weight excluding hydrogens is 917 g/mol. The van der Waals surface area contributed by atoms with Crippen molar-refractivity contribution in [3.05, 3.63) is 59.3 Å². The highest BCUT2D eigenvalue weighted by atomic mass is 32.2. The van der Waals surface area contributed by atoms with Crippen molar-refractivity contribution >= 4 is 17.7 Å². The highest BCUT2D eigenvalue weighted by Crippen LogP contribution is 2.47. The zero-order valence-electron chi connectivity index (χ0n) is 43.4. The summed E-state index contributed by atoms with van der Waals surface area (Å²) in [5.41, 5.74) is -1.01. The molecule has 0 aromatic heterocycles. The number of esters is 1. The van der Waals surface area contributed by atoms with E-state index in [1.165, 1.54) is 32.1 Å². The Balaban J connectivity index is 1.03. The van der Waals surface area contributed by atoms with Crippen LogP contribution in [0, 0.1) is 23.7 Å². The Bertz CT molecular complexity index is 1950. The van der Waals surface area contributed by atoms with E-state index in [2.05, 4.69) is 46.8 Å². The molecule has 5 fully saturated rings. The van der Waals surface area contributed by atoms with Gasteiger partial charge in [0.1, 0.15) is 41.5 Å². The first-order valence-corrected chi connectivity index (χ1v) is 27.5. The molecule has 20 atom stereocenters. The van der Waals surface area contributed by atoms with E-state index in [1.807, 2.05) is 43.8 Å². The highest BCUT2D eigenvalue weighted by molar-refractivity contribution is 8.00. The molecule has 1 unspecified atom stereocenters. The normalized spacial score (nSPS) is 47.6. The van der Waals surface area contributed by atoms with Gasteiger partial charge in [-0.3, -0.25) is 4.79 Å². The van der Waals surface area contributed by atoms with Gasteiger partial charge in [0.2, 0.25) is 0 Å². The van der Waals surface area contributed by atoms with Crippen molar-refractivity contribution in [1.29, 1.82) is 0 Å². The number of carbonyl (C=O) groups excluding carboxylic acids is 1. The molecule has 15 heteroatoms. The molecule has 2 aliphatic carbocycles. The average Bonchev–Trinajstić information content (AvgIpc) is 3.68. The minimum atomic E-state index is -1.84. The number of hydrogen-bond acceptors (Lipinski definition) is 15. The monoisotopic (exact) mass is 1000 g/mol. The van der Waals surface area contributed by atoms with Gasteiger partial charge >= 0.3 is 5.97 Å². The van der Waals surface area contributed by atoms with Crippen LogP contribution >= 0.6 is 11.8 Å². The van der Waals surface area contributed by atoms with E-state index in [4.69, 9.17) is 47.4 Å². The van der Waals surface area contributed by atoms with Crippen LogP contribution in [-0.2, 0) is 52.2 Å². The third kappa shape index (κ3) is 11.3. The summed E-state index contributed by atoms with van der Waals surface area (Å²) in [7, 11) is 3.32. The second-order valence-electron chi connectivity index (χ2n) is 21.9. The average molecular weight is 1000 g/mol. The topological polar surface area (TPSA) is 170 Å². The van der Waals surface area contributed by atoms with Crippen LogP contribution < -0.4 is 0 Å². The molecule has 4 saturated heterocycles. The van der Waals surface area contributed by atoms with Crippen LogP contribution in [-0.4, -0.2) is 150 Å². The lowest BCUT2D eigenvalue weighted by molar-refractivity contribution is -0.329. The van der Waals surface area contributed by atoms with Crippen molar-refractivity contribution in [2.45, 2.75) is 228 Å². The molecule has 0 aromatic rings. The number of rotatable bonds is 11. The smallest absolute Gasteiger partial charge is 0.316 e. The second-order valence-corrected chi connectivity index (χ2v) is 23.2. The summed E-state index contributed by atoms with van der Waals surface area (Å²) in [6.45, 7) is 16.3. The fourth-order valence-corrected chi connectivity index (χ4v) is 13.9. The number of ether oxygens (including phenoxy) is 10. The molecule has 3 N–H and O–H groups in total. The molecule has 2 bridgehead atoms. The number of hydrogen-bond donors (Lipinski definition) is 3. The Morgan fingerprint density at radius 2 is 1.66 bits per heavy atom. The Labute approximate surface area is 421 Å². The molecule has 394 valence electrons. The maximum absolute atomic E-state index is 14.4. The predicted octanol–water partition coefficient (Wildman–Crippen LogP) is 7.81. The van der Waals surface area contributed by atoms with E-state index >= 15 is 0 Å². The third-order valence-electron chi connectivity index (χ3n) is 17.0. The summed E-state index contributed by atoms with van der Waals surface area (Å²) in [5, 5.41) is 36.4. The summed E-state index contributed by atoms with van der Waals surface area (Å²) < 4.78 is 65.2. The number of carbonyl (C=O) groups is 1. The number of allylic oxidation sites excluding steroid dienone is 2. The van der Waals surface area contributed by atoms with Gasteiger partial charge in [-0.2, -0.15) is 11.8 Å². The Hall–Kier alpha value is -1.96. The molecule has 0 aromatic carbocycles. The zero-order chi connectivity index (χ0) is 50.1. The molecule has 1 saturated carbocycles. The van der Waals surface area contributed by atoms with Crippen molar-refractivity contribution < 1.29 is 67.5 Å². The fourth-order valence-electron chi connectivity index (χ4n) is 12.4. The second kappa shape index (κ2) is 22.9. The van der Waals surface area contributed by atoms with E-state index in [1.54, 1.807) is 33.3 Å². The Kier molecular flexibility index (Phi) is 17.8. The number of aliphatic hydroxyl groups is 3. The van der Waals surface area contributed by atoms with E-state index in [0.717, 1.165) is 12.0 Å². The van der Waals surface area contributed by atoms with E-state index in [-0.39, 0.29) is 36.6 Å². The van der Waals surface area contributed by atoms with Gasteiger partial charge in [-0.05, 0) is 75.7 Å². The van der Waals surface area contributed by atoms with Crippen molar-refractivity contribution in [2.75, 3.05) is 26.6 Å². The van der Waals surface area contributed by atoms with Gasteiger partial charge in [-0.1, -0.05) is 89.8 Å². The maximum atomic E-state index is 14.4. The van der Waals surface area contributed by atoms with Crippen LogP contribution in [0.15, 0.2) is 59.3 Å². The first-order valence-electron chi connectivity index (χ1n) is 26.4. The quantitative estimate of drug-likeness (QED) is 0.135. The van der Waals surface area contributed by atoms with Crippen LogP contribution in [0.25, 0.3) is 0 Å². The maximum Gasteiger partial charge on any atom is 0.316 e. The first kappa shape index (κ1) is 54.3. The van der Waals surface area contributed by atoms with Crippen molar-refractivity contribution in [1.82, 2.24) is 0 Å². The lowest BCUT2D eigenvalue weighted by Gasteiger charge is -2.48. The van der Waals surface area contributed by atoms with E-state index < -0.39 is 96.4 Å². The van der Waals surface area contributed by atoms with Gasteiger partial charge < -0.3 is 62.7 Å². The van der Waals surface area contributed by atoms with Gasteiger partial charge in [-0.15, -0.1) is 0 Å². The molecule has 70 heavy (non-hydrogen) atoms. The van der Waals surface area contributed by atoms with Gasteiger partial charge in [0.25, 0.3) is 0 Å². The van der Waals surface area contributed by atoms with Gasteiger partial charge in [-0.25, -0.2) is 0 Å². The Morgan fingerprint density at radius 1 is 0.900 bits per heavy atom. The van der Waals surface area contributed by atoms with Crippen LogP contribution in [0.5, 0.6) is 0 Å². The van der Waals surface area contributed by atoms with Crippen molar-refractivity contribution in [2.24, 2.45) is 23.7 Å². The molecule has 6 aliphatic heterocycles. The Morgan fingerprint density at radius 3 is 2.39 bits per heavy atom. The summed E-state index contributed by atoms with van der Waals surface area (Å²) in [5.74, 6) is -2.04. The fraction of sp³-hybridized carbons (Fsp3) is 0.800. The standard InChI is InChI=1S/C55H84O14S/c1-11-31(2)49-34(5)22-23-53(69-49)28-40-25-39(68-53)21-20-33(4)48(32(3)16-15-17-38-29-62-51-47(56)35(6)24-42(52(57)65-40)55(38,51)59)66-45-26-43(60-9)50(36(7)63-45)67-46-27-44(61-10)54(58,37(8)64-46)30-70-41-18-13-12-14-19-41/h15-17,20,22-24,31-32,34,36-37,39-51,56,58-59H,11-14,18-19,21,25-30H2,1-10H3/b16-15+,33-20+,38-17+/t31?,32-,34-,36-,37-,39+,40-,42-,43-,44-,45-,46-,47+,48-,49+,50-,51+,53+,54+,55+/m0/s1. The van der Waals surface area contributed by atoms with Gasteiger partial charge in [0.05, 0.1) is 49.3 Å². The first-order chi connectivity index (χ1) is 33.4. The molecule has 0 radical (unpaired) electrons. The minimum absolute atomic E-state index is 0.0315. The van der Waals surface area contributed by atoms with Crippen LogP contribution in [0.3, 0.4) is 0 Å². The summed E-state index contributed by atoms with van der Waals surface area (Å²) in [6.07, 6.45) is 15.3. The third-order valence-corrected chi connectivity index (χ3v) is 18.5. The summed E-state index contributed by atoms with van der Waals surface area (Å²) >= 11 is 1.84. The largest absolute Gasteiger partial charge is 0.462 e. The summed E-state index contributed by atoms with van der Waals surface area (Å²) in [6, 6.07) is 0. The van der Waals surface area contributed by atoms with Crippen molar-refractivity contribution in [3.63, 3.8) is 0 Å². The minimum Gasteiger partial charge on any atom is -0.462 e. The van der Waals surface area contributed by atoms with Crippen LogP contribution in [0.2, 0.25) is 0 Å². The van der Waals surface area contributed by atoms with Gasteiger partial charge in [0.15, 0.2) is 18.4 Å². The number of thioether (sulfide) groups is 1. The number of aliphatic hydroxyl groups excluding tert-OH is 1. The van der Waals surface area contributed by atoms with Crippen LogP contribution in [0.4, 0.5) is 0 Å². The van der Waals surface area contributed by atoms with E-state index in [9.17, 15) is 20.1 Å².